The summed E-state index contributed by atoms with van der Waals surface area (Å²) >= 11 is 0. The van der Waals surface area contributed by atoms with Gasteiger partial charge in [0.25, 0.3) is 0 Å². The zero-order valence-electron chi connectivity index (χ0n) is 18.3. The van der Waals surface area contributed by atoms with Gasteiger partial charge in [0, 0.05) is 19.1 Å². The predicted octanol–water partition coefficient (Wildman–Crippen LogP) is 1.97. The summed E-state index contributed by atoms with van der Waals surface area (Å²) in [7, 11) is -1.77. The van der Waals surface area contributed by atoms with Gasteiger partial charge < -0.3 is 14.8 Å². The van der Waals surface area contributed by atoms with Crippen molar-refractivity contribution in [3.8, 4) is 0 Å². The number of rotatable bonds is 8. The number of carbonyl (C=O) groups is 3. The molecule has 0 saturated carbocycles. The Morgan fingerprint density at radius 3 is 2.16 bits per heavy atom. The van der Waals surface area contributed by atoms with Crippen LogP contribution in [0.3, 0.4) is 0 Å². The Labute approximate surface area is 183 Å². The van der Waals surface area contributed by atoms with Crippen LogP contribution in [0.1, 0.15) is 60.2 Å². The van der Waals surface area contributed by atoms with Gasteiger partial charge in [0.2, 0.25) is 15.9 Å². The Hall–Kier alpha value is -2.46. The number of carbonyl (C=O) groups excluding carboxylic acids is 3. The first kappa shape index (κ1) is 24.8. The molecule has 0 spiro atoms. The lowest BCUT2D eigenvalue weighted by Gasteiger charge is -2.36. The first-order valence-corrected chi connectivity index (χ1v) is 11.7. The van der Waals surface area contributed by atoms with Crippen LogP contribution in [0.15, 0.2) is 23.1 Å². The topological polar surface area (TPSA) is 119 Å². The van der Waals surface area contributed by atoms with E-state index in [9.17, 15) is 22.8 Å². The molecular formula is C21H30N2O7S. The summed E-state index contributed by atoms with van der Waals surface area (Å²) in [5.74, 6) is -2.19. The van der Waals surface area contributed by atoms with Crippen molar-refractivity contribution in [2.75, 3.05) is 27.3 Å². The Morgan fingerprint density at radius 1 is 1.06 bits per heavy atom. The van der Waals surface area contributed by atoms with Crippen molar-refractivity contribution in [3.05, 3.63) is 29.3 Å². The minimum atomic E-state index is -4.09. The number of piperidine rings is 1. The molecule has 1 amide bonds. The number of benzene rings is 1. The molecule has 1 heterocycles. The van der Waals surface area contributed by atoms with Gasteiger partial charge in [-0.15, -0.1) is 0 Å². The Kier molecular flexibility index (Phi) is 8.58. The molecule has 1 aliphatic rings. The third-order valence-corrected chi connectivity index (χ3v) is 7.34. The van der Waals surface area contributed by atoms with Crippen LogP contribution in [0.2, 0.25) is 0 Å². The molecule has 0 aliphatic carbocycles. The first-order chi connectivity index (χ1) is 14.6. The Bertz CT molecular complexity index is 895. The van der Waals surface area contributed by atoms with Crippen LogP contribution in [0.4, 0.5) is 0 Å². The van der Waals surface area contributed by atoms with E-state index in [1.807, 2.05) is 6.92 Å². The van der Waals surface area contributed by atoms with Crippen molar-refractivity contribution >= 4 is 27.9 Å². The number of methoxy groups -OCH3 is 2. The molecule has 2 unspecified atom stereocenters. The highest BCUT2D eigenvalue weighted by molar-refractivity contribution is 7.89. The minimum absolute atomic E-state index is 0.0253. The number of nitrogens with one attached hydrogen (secondary N) is 1. The molecule has 1 N–H and O–H groups in total. The van der Waals surface area contributed by atoms with Gasteiger partial charge in [-0.25, -0.2) is 18.0 Å². The molecule has 9 nitrogen and oxygen atoms in total. The lowest BCUT2D eigenvalue weighted by Crippen LogP contribution is -2.49. The second-order valence-electron chi connectivity index (χ2n) is 7.57. The molecule has 172 valence electrons. The molecular weight excluding hydrogens is 424 g/mol. The SMILES string of the molecule is CCCCNC(=O)C1CCC(C)N(S(=O)(=O)c2cc(C(=O)OC)cc(C(=O)OC)c2)C1. The zero-order chi connectivity index (χ0) is 23.2. The standard InChI is InChI=1S/C21H30N2O7S/c1-5-6-9-22-19(24)15-8-7-14(2)23(13-15)31(27,28)18-11-16(20(25)29-3)10-17(12-18)21(26)30-4/h10-12,14-15H,5-9,13H2,1-4H3,(H,22,24). The Balaban J connectivity index is 2.38. The summed E-state index contributed by atoms with van der Waals surface area (Å²) in [6, 6.07) is 3.23. The second-order valence-corrected chi connectivity index (χ2v) is 9.46. The van der Waals surface area contributed by atoms with E-state index >= 15 is 0 Å². The average Bonchev–Trinajstić information content (AvgIpc) is 2.77. The van der Waals surface area contributed by atoms with Crippen molar-refractivity contribution in [2.24, 2.45) is 5.92 Å². The quantitative estimate of drug-likeness (QED) is 0.471. The average molecular weight is 455 g/mol. The van der Waals surface area contributed by atoms with E-state index < -0.39 is 27.9 Å². The summed E-state index contributed by atoms with van der Waals surface area (Å²) in [4.78, 5) is 36.3. The second kappa shape index (κ2) is 10.7. The van der Waals surface area contributed by atoms with Crippen LogP contribution < -0.4 is 5.32 Å². The van der Waals surface area contributed by atoms with Crippen LogP contribution in [0.5, 0.6) is 0 Å². The summed E-state index contributed by atoms with van der Waals surface area (Å²) in [5.41, 5.74) is -0.162. The fourth-order valence-electron chi connectivity index (χ4n) is 3.51. The van der Waals surface area contributed by atoms with Crippen LogP contribution >= 0.6 is 0 Å². The summed E-state index contributed by atoms with van der Waals surface area (Å²) in [6.07, 6.45) is 2.90. The molecule has 1 aliphatic heterocycles. The zero-order valence-corrected chi connectivity index (χ0v) is 19.2. The molecule has 1 aromatic rings. The molecule has 1 fully saturated rings. The maximum atomic E-state index is 13.4. The molecule has 1 saturated heterocycles. The van der Waals surface area contributed by atoms with E-state index in [1.54, 1.807) is 6.92 Å². The van der Waals surface area contributed by atoms with Crippen molar-refractivity contribution in [2.45, 2.75) is 50.5 Å². The van der Waals surface area contributed by atoms with Crippen molar-refractivity contribution in [3.63, 3.8) is 0 Å². The largest absolute Gasteiger partial charge is 0.465 e. The van der Waals surface area contributed by atoms with Gasteiger partial charge in [0.15, 0.2) is 0 Å². The lowest BCUT2D eigenvalue weighted by molar-refractivity contribution is -0.126. The number of ether oxygens (including phenoxy) is 2. The number of unbranched alkanes of at least 4 members (excludes halogenated alkanes) is 1. The van der Waals surface area contributed by atoms with Crippen molar-refractivity contribution in [1.29, 1.82) is 0 Å². The molecule has 0 bridgehead atoms. The first-order valence-electron chi connectivity index (χ1n) is 10.3. The van der Waals surface area contributed by atoms with Gasteiger partial charge in [-0.05, 0) is 44.4 Å². The fraction of sp³-hybridized carbons (Fsp3) is 0.571. The lowest BCUT2D eigenvalue weighted by atomic mass is 9.94. The molecule has 10 heteroatoms. The van der Waals surface area contributed by atoms with Gasteiger partial charge in [0.1, 0.15) is 0 Å². The molecule has 2 rings (SSSR count). The molecule has 2 atom stereocenters. The highest BCUT2D eigenvalue weighted by Crippen LogP contribution is 2.29. The fourth-order valence-corrected chi connectivity index (χ4v) is 5.29. The molecule has 31 heavy (non-hydrogen) atoms. The number of nitrogens with zero attached hydrogens (tertiary/aromatic N) is 1. The third kappa shape index (κ3) is 5.82. The van der Waals surface area contributed by atoms with Gasteiger partial charge in [-0.2, -0.15) is 4.31 Å². The van der Waals surface area contributed by atoms with Crippen molar-refractivity contribution < 1.29 is 32.3 Å². The van der Waals surface area contributed by atoms with E-state index in [2.05, 4.69) is 14.8 Å². The van der Waals surface area contributed by atoms with Crippen LogP contribution in [-0.2, 0) is 24.3 Å². The predicted molar refractivity (Wildman–Crippen MR) is 113 cm³/mol. The number of hydrogen-bond acceptors (Lipinski definition) is 7. The Morgan fingerprint density at radius 2 is 1.65 bits per heavy atom. The number of sulfonamides is 1. The highest BCUT2D eigenvalue weighted by atomic mass is 32.2. The third-order valence-electron chi connectivity index (χ3n) is 5.38. The molecule has 0 aromatic heterocycles. The normalized spacial score (nSPS) is 19.5. The van der Waals surface area contributed by atoms with Crippen LogP contribution in [0.25, 0.3) is 0 Å². The van der Waals surface area contributed by atoms with Gasteiger partial charge >= 0.3 is 11.9 Å². The smallest absolute Gasteiger partial charge is 0.337 e. The maximum absolute atomic E-state index is 13.4. The summed E-state index contributed by atoms with van der Waals surface area (Å²) in [5, 5.41) is 2.86. The minimum Gasteiger partial charge on any atom is -0.465 e. The van der Waals surface area contributed by atoms with Crippen LogP contribution in [-0.4, -0.2) is 63.9 Å². The monoisotopic (exact) mass is 454 g/mol. The van der Waals surface area contributed by atoms with E-state index in [0.29, 0.717) is 19.4 Å². The highest BCUT2D eigenvalue weighted by Gasteiger charge is 2.38. The summed E-state index contributed by atoms with van der Waals surface area (Å²) in [6.45, 7) is 4.37. The van der Waals surface area contributed by atoms with E-state index in [0.717, 1.165) is 27.1 Å². The van der Waals surface area contributed by atoms with Crippen molar-refractivity contribution in [1.82, 2.24) is 9.62 Å². The van der Waals surface area contributed by atoms with E-state index in [4.69, 9.17) is 0 Å². The van der Waals surface area contributed by atoms with Gasteiger partial charge in [-0.1, -0.05) is 13.3 Å². The van der Waals surface area contributed by atoms with Gasteiger partial charge in [0.05, 0.1) is 36.2 Å². The van der Waals surface area contributed by atoms with Gasteiger partial charge in [-0.3, -0.25) is 4.79 Å². The maximum Gasteiger partial charge on any atom is 0.337 e. The summed E-state index contributed by atoms with van der Waals surface area (Å²) < 4.78 is 37.5. The number of amides is 1. The molecule has 1 aromatic carbocycles. The molecule has 0 radical (unpaired) electrons. The number of esters is 2. The van der Waals surface area contributed by atoms with E-state index in [1.165, 1.54) is 22.5 Å². The van der Waals surface area contributed by atoms with Crippen LogP contribution in [0, 0.1) is 5.92 Å². The van der Waals surface area contributed by atoms with E-state index in [-0.39, 0.29) is 34.5 Å². The number of hydrogen-bond donors (Lipinski definition) is 1.